The van der Waals surface area contributed by atoms with Gasteiger partial charge in [-0.05, 0) is 0 Å². The topological polar surface area (TPSA) is 77.5 Å². The molecule has 7 heteroatoms. The third-order valence-corrected chi connectivity index (χ3v) is 4.55. The zero-order valence-corrected chi connectivity index (χ0v) is 9.40. The van der Waals surface area contributed by atoms with E-state index in [4.69, 9.17) is 6.42 Å². The van der Waals surface area contributed by atoms with Crippen molar-refractivity contribution in [1.29, 1.82) is 0 Å². The largest absolute Gasteiger partial charge is 0.269 e. The van der Waals surface area contributed by atoms with Crippen LogP contribution in [0.1, 0.15) is 6.92 Å². The molecule has 0 aromatic carbocycles. The minimum absolute atomic E-state index is 0.0857. The molecule has 0 bridgehead atoms. The van der Waals surface area contributed by atoms with Crippen molar-refractivity contribution in [3.63, 3.8) is 0 Å². The molecule has 0 aromatic rings. The Morgan fingerprint density at radius 2 is 1.79 bits per heavy atom. The van der Waals surface area contributed by atoms with Gasteiger partial charge in [-0.25, -0.2) is 8.42 Å². The summed E-state index contributed by atoms with van der Waals surface area (Å²) in [6, 6.07) is 0. The molecule has 0 spiro atoms. The first-order valence-corrected chi connectivity index (χ1v) is 7.24. The fourth-order valence-corrected chi connectivity index (χ4v) is 3.04. The molecule has 0 saturated carbocycles. The van der Waals surface area contributed by atoms with E-state index < -0.39 is 31.5 Å². The Balaban J connectivity index is 4.22. The van der Waals surface area contributed by atoms with Crippen LogP contribution >= 0.6 is 0 Å². The van der Waals surface area contributed by atoms with Crippen molar-refractivity contribution < 1.29 is 21.0 Å². The zero-order chi connectivity index (χ0) is 11.2. The Bertz CT molecular complexity index is 398. The Labute approximate surface area is 84.5 Å². The van der Waals surface area contributed by atoms with E-state index in [2.05, 4.69) is 4.18 Å². The lowest BCUT2D eigenvalue weighted by atomic mass is 10.8. The summed E-state index contributed by atoms with van der Waals surface area (Å²) in [6.07, 6.45) is 4.79. The van der Waals surface area contributed by atoms with E-state index in [1.165, 1.54) is 6.92 Å². The smallest absolute Gasteiger partial charge is 0.257 e. The molecule has 0 radical (unpaired) electrons. The van der Waals surface area contributed by atoms with Gasteiger partial charge >= 0.3 is 0 Å². The average molecular weight is 240 g/mol. The van der Waals surface area contributed by atoms with E-state index in [0.717, 1.165) is 0 Å². The molecule has 0 aliphatic carbocycles. The third kappa shape index (κ3) is 5.96. The molecule has 0 unspecified atom stereocenters. The van der Waals surface area contributed by atoms with Crippen LogP contribution in [0, 0.1) is 12.3 Å². The molecule has 82 valence electrons. The second-order valence-corrected chi connectivity index (χ2v) is 6.70. The van der Waals surface area contributed by atoms with Gasteiger partial charge in [-0.1, -0.05) is 12.8 Å². The summed E-state index contributed by atoms with van der Waals surface area (Å²) in [5.74, 6) is 0.914. The molecule has 0 heterocycles. The first-order valence-electron chi connectivity index (χ1n) is 3.84. The molecular formula is C7H12O5S2. The van der Waals surface area contributed by atoms with Gasteiger partial charge in [0, 0.05) is 5.75 Å². The van der Waals surface area contributed by atoms with E-state index >= 15 is 0 Å². The predicted molar refractivity (Wildman–Crippen MR) is 52.9 cm³/mol. The van der Waals surface area contributed by atoms with Crippen LogP contribution in [0.3, 0.4) is 0 Å². The fourth-order valence-electron chi connectivity index (χ4n) is 0.556. The lowest BCUT2D eigenvalue weighted by molar-refractivity contribution is 0.364. The molecule has 0 saturated heterocycles. The van der Waals surface area contributed by atoms with Crippen LogP contribution in [0.25, 0.3) is 0 Å². The maximum Gasteiger partial charge on any atom is 0.269 e. The van der Waals surface area contributed by atoms with Crippen LogP contribution in [0.4, 0.5) is 0 Å². The second-order valence-electron chi connectivity index (χ2n) is 2.46. The lowest BCUT2D eigenvalue weighted by Gasteiger charge is -2.02. The minimum Gasteiger partial charge on any atom is -0.257 e. The van der Waals surface area contributed by atoms with Crippen LogP contribution in [-0.2, 0) is 24.1 Å². The highest BCUT2D eigenvalue weighted by molar-refractivity contribution is 7.93. The number of sulfone groups is 1. The van der Waals surface area contributed by atoms with Gasteiger partial charge in [0.2, 0.25) is 0 Å². The van der Waals surface area contributed by atoms with Crippen molar-refractivity contribution >= 4 is 20.0 Å². The van der Waals surface area contributed by atoms with Crippen LogP contribution in [0.5, 0.6) is 0 Å². The van der Waals surface area contributed by atoms with Crippen molar-refractivity contribution in [3.05, 3.63) is 0 Å². The highest BCUT2D eigenvalue weighted by atomic mass is 32.2. The first-order chi connectivity index (χ1) is 6.33. The Kier molecular flexibility index (Phi) is 5.12. The monoisotopic (exact) mass is 240 g/mol. The quantitative estimate of drug-likeness (QED) is 0.457. The standard InChI is InChI=1S/C7H12O5S2/c1-3-5-12-14(10,11)7-6-13(8,9)4-2/h1H,4-7H2,2H3. The van der Waals surface area contributed by atoms with Crippen molar-refractivity contribution in [3.8, 4) is 12.3 Å². The van der Waals surface area contributed by atoms with Crippen molar-refractivity contribution in [1.82, 2.24) is 0 Å². The van der Waals surface area contributed by atoms with Crippen LogP contribution in [0.2, 0.25) is 0 Å². The van der Waals surface area contributed by atoms with E-state index in [-0.39, 0.29) is 12.4 Å². The number of rotatable bonds is 6. The average Bonchev–Trinajstić information content (AvgIpc) is 2.12. The van der Waals surface area contributed by atoms with Crippen molar-refractivity contribution in [2.24, 2.45) is 0 Å². The summed E-state index contributed by atoms with van der Waals surface area (Å²) in [5, 5.41) is 0. The second kappa shape index (κ2) is 5.34. The van der Waals surface area contributed by atoms with Gasteiger partial charge in [-0.15, -0.1) is 6.42 Å². The normalized spacial score (nSPS) is 12.3. The molecule has 0 aliphatic rings. The molecule has 5 nitrogen and oxygen atoms in total. The molecule has 0 rings (SSSR count). The summed E-state index contributed by atoms with van der Waals surface area (Å²) in [7, 11) is -7.10. The lowest BCUT2D eigenvalue weighted by Crippen LogP contribution is -2.20. The Morgan fingerprint density at radius 1 is 1.21 bits per heavy atom. The van der Waals surface area contributed by atoms with Gasteiger partial charge < -0.3 is 0 Å². The van der Waals surface area contributed by atoms with E-state index in [1.807, 2.05) is 5.92 Å². The molecule has 0 fully saturated rings. The van der Waals surface area contributed by atoms with Gasteiger partial charge in [0.05, 0.1) is 11.5 Å². The fraction of sp³-hybridized carbons (Fsp3) is 0.714. The van der Waals surface area contributed by atoms with Crippen molar-refractivity contribution in [2.75, 3.05) is 23.9 Å². The molecule has 0 atom stereocenters. The number of hydrogen-bond donors (Lipinski definition) is 0. The predicted octanol–water partition coefficient (Wildman–Crippen LogP) is -0.599. The van der Waals surface area contributed by atoms with Gasteiger partial charge in [-0.2, -0.15) is 8.42 Å². The van der Waals surface area contributed by atoms with Crippen LogP contribution in [0.15, 0.2) is 0 Å². The maximum absolute atomic E-state index is 11.0. The van der Waals surface area contributed by atoms with Gasteiger partial charge in [0.25, 0.3) is 10.1 Å². The molecule has 0 N–H and O–H groups in total. The van der Waals surface area contributed by atoms with Gasteiger partial charge in [-0.3, -0.25) is 4.18 Å². The van der Waals surface area contributed by atoms with E-state index in [0.29, 0.717) is 0 Å². The number of hydrogen-bond acceptors (Lipinski definition) is 5. The number of terminal acetylenes is 1. The minimum atomic E-state index is -3.81. The summed E-state index contributed by atoms with van der Waals surface area (Å²) < 4.78 is 48.1. The van der Waals surface area contributed by atoms with Gasteiger partial charge in [0.15, 0.2) is 9.84 Å². The molecule has 0 aromatic heterocycles. The summed E-state index contributed by atoms with van der Waals surface area (Å²) in [6.45, 7) is 1.08. The third-order valence-electron chi connectivity index (χ3n) is 1.41. The van der Waals surface area contributed by atoms with E-state index in [1.54, 1.807) is 0 Å². The summed E-state index contributed by atoms with van der Waals surface area (Å²) >= 11 is 0. The first kappa shape index (κ1) is 13.4. The summed E-state index contributed by atoms with van der Waals surface area (Å²) in [5.41, 5.74) is 0. The molecule has 14 heavy (non-hydrogen) atoms. The summed E-state index contributed by atoms with van der Waals surface area (Å²) in [4.78, 5) is 0. The Morgan fingerprint density at radius 3 is 2.21 bits per heavy atom. The molecule has 0 amide bonds. The highest BCUT2D eigenvalue weighted by Gasteiger charge is 2.16. The van der Waals surface area contributed by atoms with Crippen LogP contribution in [-0.4, -0.2) is 40.7 Å². The van der Waals surface area contributed by atoms with Crippen LogP contribution < -0.4 is 0 Å². The highest BCUT2D eigenvalue weighted by Crippen LogP contribution is 1.97. The Hall–Kier alpha value is -0.580. The van der Waals surface area contributed by atoms with Crippen molar-refractivity contribution in [2.45, 2.75) is 6.92 Å². The van der Waals surface area contributed by atoms with E-state index in [9.17, 15) is 16.8 Å². The van der Waals surface area contributed by atoms with Gasteiger partial charge in [0.1, 0.15) is 6.61 Å². The molecular weight excluding hydrogens is 228 g/mol. The SMILES string of the molecule is C#CCOS(=O)(=O)CCS(=O)(=O)CC. The zero-order valence-electron chi connectivity index (χ0n) is 7.76. The maximum atomic E-state index is 11.0. The molecule has 0 aliphatic heterocycles.